The molecule has 0 spiro atoms. The van der Waals surface area contributed by atoms with Gasteiger partial charge in [-0.05, 0) is 37.6 Å². The Hall–Kier alpha value is -2.48. The van der Waals surface area contributed by atoms with Crippen LogP contribution in [0.4, 0.5) is 16.0 Å². The summed E-state index contributed by atoms with van der Waals surface area (Å²) in [5.41, 5.74) is 2.07. The first-order chi connectivity index (χ1) is 8.58. The summed E-state index contributed by atoms with van der Waals surface area (Å²) in [5.74, 6) is -0.0111. The monoisotopic (exact) mass is 242 g/mol. The number of aromatic nitrogens is 2. The zero-order valence-corrected chi connectivity index (χ0v) is 10.0. The third-order valence-electron chi connectivity index (χ3n) is 2.40. The van der Waals surface area contributed by atoms with Crippen molar-refractivity contribution in [1.29, 1.82) is 5.26 Å². The SMILES string of the molecule is Cc1cc(C#N)nc(Nc2ccc(C)c(F)c2)n1. The van der Waals surface area contributed by atoms with Gasteiger partial charge in [-0.15, -0.1) is 0 Å². The number of rotatable bonds is 2. The van der Waals surface area contributed by atoms with Crippen molar-refractivity contribution >= 4 is 11.6 Å². The van der Waals surface area contributed by atoms with Crippen LogP contribution in [0.1, 0.15) is 17.0 Å². The average Bonchev–Trinajstić information content (AvgIpc) is 2.33. The van der Waals surface area contributed by atoms with Crippen LogP contribution in [-0.4, -0.2) is 9.97 Å². The quantitative estimate of drug-likeness (QED) is 0.879. The Kier molecular flexibility index (Phi) is 3.20. The van der Waals surface area contributed by atoms with E-state index in [1.165, 1.54) is 6.07 Å². The van der Waals surface area contributed by atoms with E-state index in [1.54, 1.807) is 32.0 Å². The molecule has 2 aromatic rings. The Morgan fingerprint density at radius 1 is 1.22 bits per heavy atom. The van der Waals surface area contributed by atoms with Crippen LogP contribution in [0.25, 0.3) is 0 Å². The van der Waals surface area contributed by atoms with Crippen molar-refractivity contribution in [3.8, 4) is 6.07 Å². The van der Waals surface area contributed by atoms with Crippen molar-refractivity contribution in [3.63, 3.8) is 0 Å². The number of nitriles is 1. The van der Waals surface area contributed by atoms with Crippen molar-refractivity contribution in [2.75, 3.05) is 5.32 Å². The molecule has 0 aliphatic heterocycles. The maximum absolute atomic E-state index is 13.4. The van der Waals surface area contributed by atoms with Gasteiger partial charge in [-0.3, -0.25) is 0 Å². The molecule has 0 aliphatic carbocycles. The number of nitrogens with zero attached hydrogens (tertiary/aromatic N) is 3. The van der Waals surface area contributed by atoms with E-state index < -0.39 is 0 Å². The van der Waals surface area contributed by atoms with Crippen LogP contribution in [0.2, 0.25) is 0 Å². The summed E-state index contributed by atoms with van der Waals surface area (Å²) < 4.78 is 13.4. The van der Waals surface area contributed by atoms with Crippen LogP contribution >= 0.6 is 0 Å². The first kappa shape index (κ1) is 12.0. The Balaban J connectivity index is 2.31. The number of nitrogens with one attached hydrogen (secondary N) is 1. The summed E-state index contributed by atoms with van der Waals surface area (Å²) in [4.78, 5) is 8.13. The third-order valence-corrected chi connectivity index (χ3v) is 2.40. The molecule has 0 amide bonds. The Bertz CT molecular complexity index is 631. The zero-order chi connectivity index (χ0) is 13.1. The standard InChI is InChI=1S/C13H11FN4/c1-8-3-4-10(6-12(8)14)17-13-16-9(2)5-11(7-15)18-13/h3-6H,1-2H3,(H,16,17,18). The molecule has 0 fully saturated rings. The van der Waals surface area contributed by atoms with Crippen molar-refractivity contribution < 1.29 is 4.39 Å². The molecule has 0 saturated heterocycles. The van der Waals surface area contributed by atoms with Crippen LogP contribution in [0, 0.1) is 31.0 Å². The van der Waals surface area contributed by atoms with Gasteiger partial charge in [0.1, 0.15) is 17.6 Å². The lowest BCUT2D eigenvalue weighted by molar-refractivity contribution is 0.619. The second kappa shape index (κ2) is 4.80. The molecule has 1 aromatic heterocycles. The first-order valence-corrected chi connectivity index (χ1v) is 5.37. The number of anilines is 2. The number of aryl methyl sites for hydroxylation is 2. The van der Waals surface area contributed by atoms with E-state index in [0.717, 1.165) is 0 Å². The first-order valence-electron chi connectivity index (χ1n) is 5.37. The highest BCUT2D eigenvalue weighted by Gasteiger charge is 2.04. The lowest BCUT2D eigenvalue weighted by Gasteiger charge is -2.06. The number of hydrogen-bond donors (Lipinski definition) is 1. The highest BCUT2D eigenvalue weighted by molar-refractivity contribution is 5.54. The summed E-state index contributed by atoms with van der Waals surface area (Å²) in [6.07, 6.45) is 0. The molecule has 0 bridgehead atoms. The predicted octanol–water partition coefficient (Wildman–Crippen LogP) is 2.85. The minimum atomic E-state index is -0.298. The van der Waals surface area contributed by atoms with Gasteiger partial charge >= 0.3 is 0 Å². The summed E-state index contributed by atoms with van der Waals surface area (Å²) in [6, 6.07) is 8.30. The fraction of sp³-hybridized carbons (Fsp3) is 0.154. The third kappa shape index (κ3) is 2.61. The molecular formula is C13H11FN4. The highest BCUT2D eigenvalue weighted by Crippen LogP contribution is 2.17. The Morgan fingerprint density at radius 3 is 2.67 bits per heavy atom. The molecule has 1 N–H and O–H groups in total. The van der Waals surface area contributed by atoms with Gasteiger partial charge in [0.25, 0.3) is 0 Å². The van der Waals surface area contributed by atoms with Gasteiger partial charge in [0.2, 0.25) is 5.95 Å². The summed E-state index contributed by atoms with van der Waals surface area (Å²) in [5, 5.41) is 11.7. The van der Waals surface area contributed by atoms with Gasteiger partial charge in [-0.1, -0.05) is 6.07 Å². The van der Waals surface area contributed by atoms with Crippen LogP contribution < -0.4 is 5.32 Å². The topological polar surface area (TPSA) is 61.6 Å². The van der Waals surface area contributed by atoms with Crippen molar-refractivity contribution in [2.24, 2.45) is 0 Å². The fourth-order valence-electron chi connectivity index (χ4n) is 1.48. The molecule has 5 heteroatoms. The molecule has 1 aromatic carbocycles. The lowest BCUT2D eigenvalue weighted by atomic mass is 10.2. The average molecular weight is 242 g/mol. The van der Waals surface area contributed by atoms with E-state index in [-0.39, 0.29) is 17.5 Å². The predicted molar refractivity (Wildman–Crippen MR) is 65.9 cm³/mol. The van der Waals surface area contributed by atoms with Gasteiger partial charge in [0.05, 0.1) is 0 Å². The smallest absolute Gasteiger partial charge is 0.228 e. The van der Waals surface area contributed by atoms with Crippen LogP contribution in [-0.2, 0) is 0 Å². The van der Waals surface area contributed by atoms with Crippen LogP contribution in [0.15, 0.2) is 24.3 Å². The van der Waals surface area contributed by atoms with Crippen molar-refractivity contribution in [3.05, 3.63) is 47.0 Å². The molecule has 1 heterocycles. The molecule has 90 valence electrons. The molecular weight excluding hydrogens is 231 g/mol. The van der Waals surface area contributed by atoms with E-state index in [9.17, 15) is 4.39 Å². The van der Waals surface area contributed by atoms with E-state index in [2.05, 4.69) is 15.3 Å². The highest BCUT2D eigenvalue weighted by atomic mass is 19.1. The Morgan fingerprint density at radius 2 is 2.00 bits per heavy atom. The summed E-state index contributed by atoms with van der Waals surface area (Å²) >= 11 is 0. The molecule has 0 atom stereocenters. The molecule has 18 heavy (non-hydrogen) atoms. The maximum Gasteiger partial charge on any atom is 0.228 e. The molecule has 0 saturated carbocycles. The molecule has 2 rings (SSSR count). The van der Waals surface area contributed by atoms with Gasteiger partial charge in [-0.2, -0.15) is 5.26 Å². The second-order valence-electron chi connectivity index (χ2n) is 3.92. The van der Waals surface area contributed by atoms with Crippen molar-refractivity contribution in [2.45, 2.75) is 13.8 Å². The minimum Gasteiger partial charge on any atom is -0.324 e. The lowest BCUT2D eigenvalue weighted by Crippen LogP contribution is -2.00. The van der Waals surface area contributed by atoms with Crippen LogP contribution in [0.5, 0.6) is 0 Å². The van der Waals surface area contributed by atoms with Gasteiger partial charge in [-0.25, -0.2) is 14.4 Å². The fourth-order valence-corrected chi connectivity index (χ4v) is 1.48. The van der Waals surface area contributed by atoms with E-state index >= 15 is 0 Å². The van der Waals surface area contributed by atoms with Gasteiger partial charge in [0.15, 0.2) is 0 Å². The summed E-state index contributed by atoms with van der Waals surface area (Å²) in [7, 11) is 0. The number of hydrogen-bond acceptors (Lipinski definition) is 4. The van der Waals surface area contributed by atoms with Crippen LogP contribution in [0.3, 0.4) is 0 Å². The molecule has 0 aliphatic rings. The summed E-state index contributed by atoms with van der Waals surface area (Å²) in [6.45, 7) is 3.46. The minimum absolute atomic E-state index is 0.276. The number of halogens is 1. The molecule has 0 unspecified atom stereocenters. The molecule has 0 radical (unpaired) electrons. The largest absolute Gasteiger partial charge is 0.324 e. The second-order valence-corrected chi connectivity index (χ2v) is 3.92. The van der Waals surface area contributed by atoms with Gasteiger partial charge in [0, 0.05) is 11.4 Å². The van der Waals surface area contributed by atoms with Gasteiger partial charge < -0.3 is 5.32 Å². The normalized spacial score (nSPS) is 9.89. The van der Waals surface area contributed by atoms with E-state index in [1.807, 2.05) is 6.07 Å². The molecule has 4 nitrogen and oxygen atoms in total. The van der Waals surface area contributed by atoms with E-state index in [0.29, 0.717) is 16.9 Å². The Labute approximate surface area is 104 Å². The van der Waals surface area contributed by atoms with E-state index in [4.69, 9.17) is 5.26 Å². The van der Waals surface area contributed by atoms with Crippen molar-refractivity contribution in [1.82, 2.24) is 9.97 Å². The zero-order valence-electron chi connectivity index (χ0n) is 10.0. The number of benzene rings is 1. The maximum atomic E-state index is 13.4.